The van der Waals surface area contributed by atoms with Gasteiger partial charge in [-0.25, -0.2) is 12.7 Å². The Morgan fingerprint density at radius 1 is 1.27 bits per heavy atom. The Hall–Kier alpha value is -2.50. The SMILES string of the molecule is CC1=CN(S(C)(=O)=O)C(N(Cc2ccccn2)c2ccc(C#N)cc2)S1. The third kappa shape index (κ3) is 4.00. The summed E-state index contributed by atoms with van der Waals surface area (Å²) in [6.07, 6.45) is 4.57. The normalized spacial score (nSPS) is 16.9. The molecule has 8 heteroatoms. The Bertz CT molecular complexity index is 951. The van der Waals surface area contributed by atoms with Gasteiger partial charge in [-0.05, 0) is 43.3 Å². The van der Waals surface area contributed by atoms with Gasteiger partial charge in [-0.1, -0.05) is 17.8 Å². The maximum Gasteiger partial charge on any atom is 0.234 e. The molecule has 1 unspecified atom stereocenters. The van der Waals surface area contributed by atoms with Gasteiger partial charge in [0.15, 0.2) is 5.50 Å². The molecule has 134 valence electrons. The van der Waals surface area contributed by atoms with Crippen molar-refractivity contribution in [3.05, 3.63) is 71.0 Å². The zero-order valence-electron chi connectivity index (χ0n) is 14.4. The summed E-state index contributed by atoms with van der Waals surface area (Å²) >= 11 is 1.47. The topological polar surface area (TPSA) is 77.3 Å². The van der Waals surface area contributed by atoms with E-state index in [1.165, 1.54) is 22.3 Å². The highest BCUT2D eigenvalue weighted by Gasteiger charge is 2.35. The predicted octanol–water partition coefficient (Wildman–Crippen LogP) is 3.11. The van der Waals surface area contributed by atoms with E-state index in [2.05, 4.69) is 11.1 Å². The molecule has 6 nitrogen and oxygen atoms in total. The summed E-state index contributed by atoms with van der Waals surface area (Å²) in [7, 11) is -3.42. The van der Waals surface area contributed by atoms with Crippen LogP contribution in [0.15, 0.2) is 59.8 Å². The first-order valence-electron chi connectivity index (χ1n) is 7.89. The lowest BCUT2D eigenvalue weighted by Crippen LogP contribution is -2.44. The van der Waals surface area contributed by atoms with Crippen LogP contribution in [-0.4, -0.2) is 29.5 Å². The maximum absolute atomic E-state index is 12.3. The van der Waals surface area contributed by atoms with Gasteiger partial charge in [-0.3, -0.25) is 4.98 Å². The van der Waals surface area contributed by atoms with Crippen molar-refractivity contribution in [2.75, 3.05) is 11.2 Å². The van der Waals surface area contributed by atoms with Crippen molar-refractivity contribution in [1.29, 1.82) is 5.26 Å². The number of allylic oxidation sites excluding steroid dienone is 1. The van der Waals surface area contributed by atoms with Gasteiger partial charge in [-0.2, -0.15) is 5.26 Å². The molecule has 0 bridgehead atoms. The van der Waals surface area contributed by atoms with Crippen molar-refractivity contribution in [2.24, 2.45) is 0 Å². The highest BCUT2D eigenvalue weighted by atomic mass is 32.2. The fraction of sp³-hybridized carbons (Fsp3) is 0.222. The fourth-order valence-electron chi connectivity index (χ4n) is 2.64. The monoisotopic (exact) mass is 386 g/mol. The molecule has 0 N–H and O–H groups in total. The van der Waals surface area contributed by atoms with E-state index >= 15 is 0 Å². The quantitative estimate of drug-likeness (QED) is 0.786. The van der Waals surface area contributed by atoms with Gasteiger partial charge in [-0.15, -0.1) is 0 Å². The van der Waals surface area contributed by atoms with Gasteiger partial charge in [0.25, 0.3) is 0 Å². The summed E-state index contributed by atoms with van der Waals surface area (Å²) in [4.78, 5) is 7.26. The Morgan fingerprint density at radius 2 is 2.00 bits per heavy atom. The van der Waals surface area contributed by atoms with Crippen LogP contribution >= 0.6 is 11.8 Å². The molecule has 0 fully saturated rings. The van der Waals surface area contributed by atoms with E-state index in [-0.39, 0.29) is 0 Å². The number of pyridine rings is 1. The molecule has 2 aromatic rings. The number of nitrogens with zero attached hydrogens (tertiary/aromatic N) is 4. The van der Waals surface area contributed by atoms with Gasteiger partial charge in [0.1, 0.15) is 0 Å². The van der Waals surface area contributed by atoms with Crippen molar-refractivity contribution in [3.8, 4) is 6.07 Å². The van der Waals surface area contributed by atoms with Gasteiger partial charge >= 0.3 is 0 Å². The average molecular weight is 387 g/mol. The average Bonchev–Trinajstić information content (AvgIpc) is 3.03. The Labute approximate surface area is 157 Å². The van der Waals surface area contributed by atoms with E-state index in [1.54, 1.807) is 24.5 Å². The van der Waals surface area contributed by atoms with Gasteiger partial charge in [0.2, 0.25) is 10.0 Å². The summed E-state index contributed by atoms with van der Waals surface area (Å²) in [6.45, 7) is 2.33. The van der Waals surface area contributed by atoms with Crippen molar-refractivity contribution in [3.63, 3.8) is 0 Å². The van der Waals surface area contributed by atoms with Crippen molar-refractivity contribution in [1.82, 2.24) is 9.29 Å². The molecule has 0 aliphatic carbocycles. The molecule has 1 aromatic carbocycles. The lowest BCUT2D eigenvalue weighted by Gasteiger charge is -2.35. The standard InChI is InChI=1S/C18H18N4O2S2/c1-14-12-22(26(2,23)24)18(25-14)21(13-16-5-3-4-10-20-16)17-8-6-15(11-19)7-9-17/h3-10,12,18H,13H2,1-2H3. The molecule has 2 heterocycles. The van der Waals surface area contributed by atoms with Crippen LogP contribution in [0.25, 0.3) is 0 Å². The number of sulfonamides is 1. The van der Waals surface area contributed by atoms with E-state index in [0.717, 1.165) is 16.3 Å². The van der Waals surface area contributed by atoms with E-state index in [0.29, 0.717) is 12.1 Å². The van der Waals surface area contributed by atoms with Crippen LogP contribution in [0, 0.1) is 11.3 Å². The molecule has 0 spiro atoms. The number of rotatable bonds is 5. The first-order chi connectivity index (χ1) is 12.4. The highest BCUT2D eigenvalue weighted by molar-refractivity contribution is 8.04. The lowest BCUT2D eigenvalue weighted by molar-refractivity contribution is 0.474. The van der Waals surface area contributed by atoms with E-state index in [4.69, 9.17) is 5.26 Å². The molecule has 0 saturated heterocycles. The Kier molecular flexibility index (Phi) is 5.20. The molecular weight excluding hydrogens is 368 g/mol. The van der Waals surface area contributed by atoms with Crippen molar-refractivity contribution in [2.45, 2.75) is 19.0 Å². The number of hydrogen-bond acceptors (Lipinski definition) is 6. The Balaban J connectivity index is 2.01. The van der Waals surface area contributed by atoms with Gasteiger partial charge in [0.05, 0.1) is 30.1 Å². The second-order valence-electron chi connectivity index (χ2n) is 5.88. The Morgan fingerprint density at radius 3 is 2.58 bits per heavy atom. The minimum Gasteiger partial charge on any atom is -0.336 e. The molecule has 0 amide bonds. The number of benzene rings is 1. The summed E-state index contributed by atoms with van der Waals surface area (Å²) in [5.74, 6) is 0. The van der Waals surface area contributed by atoms with Crippen LogP contribution in [0.1, 0.15) is 18.2 Å². The summed E-state index contributed by atoms with van der Waals surface area (Å²) < 4.78 is 25.9. The van der Waals surface area contributed by atoms with Crippen LogP contribution < -0.4 is 4.90 Å². The molecule has 0 saturated carbocycles. The molecule has 1 aliphatic heterocycles. The molecule has 3 rings (SSSR count). The van der Waals surface area contributed by atoms with Gasteiger partial charge in [0, 0.05) is 23.0 Å². The molecular formula is C18H18N4O2S2. The maximum atomic E-state index is 12.3. The van der Waals surface area contributed by atoms with Crippen molar-refractivity contribution < 1.29 is 8.42 Å². The number of anilines is 1. The van der Waals surface area contributed by atoms with E-state index in [9.17, 15) is 8.42 Å². The molecule has 26 heavy (non-hydrogen) atoms. The summed E-state index contributed by atoms with van der Waals surface area (Å²) in [5.41, 5.74) is 1.76. The molecule has 1 aliphatic rings. The molecule has 1 atom stereocenters. The first kappa shape index (κ1) is 18.3. The molecule has 1 aromatic heterocycles. The number of aromatic nitrogens is 1. The second-order valence-corrected chi connectivity index (χ2v) is 9.07. The van der Waals surface area contributed by atoms with Crippen molar-refractivity contribution >= 4 is 27.5 Å². The molecule has 0 radical (unpaired) electrons. The second kappa shape index (κ2) is 7.40. The summed E-state index contributed by atoms with van der Waals surface area (Å²) in [6, 6.07) is 14.9. The van der Waals surface area contributed by atoms with Gasteiger partial charge < -0.3 is 4.90 Å². The van der Waals surface area contributed by atoms with Crippen LogP contribution in [-0.2, 0) is 16.6 Å². The number of nitriles is 1. The van der Waals surface area contributed by atoms with E-state index in [1.807, 2.05) is 42.2 Å². The zero-order chi connectivity index (χ0) is 18.7. The number of thioether (sulfide) groups is 1. The predicted molar refractivity (Wildman–Crippen MR) is 103 cm³/mol. The smallest absolute Gasteiger partial charge is 0.234 e. The van der Waals surface area contributed by atoms with E-state index < -0.39 is 15.5 Å². The van der Waals surface area contributed by atoms with Crippen LogP contribution in [0.2, 0.25) is 0 Å². The van der Waals surface area contributed by atoms with Crippen LogP contribution in [0.5, 0.6) is 0 Å². The highest BCUT2D eigenvalue weighted by Crippen LogP contribution is 2.39. The third-order valence-electron chi connectivity index (χ3n) is 3.85. The van der Waals surface area contributed by atoms with Crippen LogP contribution in [0.4, 0.5) is 5.69 Å². The first-order valence-corrected chi connectivity index (χ1v) is 10.6. The fourth-order valence-corrected chi connectivity index (χ4v) is 5.09. The summed E-state index contributed by atoms with van der Waals surface area (Å²) in [5, 5.41) is 9.02. The van der Waals surface area contributed by atoms with Crippen LogP contribution in [0.3, 0.4) is 0 Å². The lowest BCUT2D eigenvalue weighted by atomic mass is 10.2. The minimum atomic E-state index is -3.42. The largest absolute Gasteiger partial charge is 0.336 e. The minimum absolute atomic E-state index is 0.442. The third-order valence-corrected chi connectivity index (χ3v) is 6.23. The zero-order valence-corrected chi connectivity index (χ0v) is 16.0. The number of hydrogen-bond donors (Lipinski definition) is 0.